The van der Waals surface area contributed by atoms with Crippen LogP contribution in [0.25, 0.3) is 11.3 Å². The van der Waals surface area contributed by atoms with Crippen molar-refractivity contribution < 1.29 is 9.53 Å². The molecule has 0 N–H and O–H groups in total. The van der Waals surface area contributed by atoms with Gasteiger partial charge in [0.25, 0.3) is 0 Å². The Morgan fingerprint density at radius 1 is 1.11 bits per heavy atom. The molecule has 0 aliphatic rings. The van der Waals surface area contributed by atoms with Gasteiger partial charge in [-0.1, -0.05) is 19.9 Å². The van der Waals surface area contributed by atoms with Crippen LogP contribution in [-0.2, 0) is 4.79 Å². The van der Waals surface area contributed by atoms with Gasteiger partial charge in [-0.15, -0.1) is 0 Å². The van der Waals surface area contributed by atoms with Crippen LogP contribution in [0, 0.1) is 5.92 Å². The fourth-order valence-electron chi connectivity index (χ4n) is 1.46. The molecule has 0 unspecified atom stereocenters. The SMILES string of the molecule is CC(C)C(=O)Oc1ccc(-c2ccccn2)cc1. The molecule has 2 rings (SSSR count). The maximum Gasteiger partial charge on any atom is 0.313 e. The summed E-state index contributed by atoms with van der Waals surface area (Å²) in [6.45, 7) is 3.62. The summed E-state index contributed by atoms with van der Waals surface area (Å²) in [7, 11) is 0. The summed E-state index contributed by atoms with van der Waals surface area (Å²) >= 11 is 0. The van der Waals surface area contributed by atoms with Crippen molar-refractivity contribution >= 4 is 5.97 Å². The number of carbonyl (C=O) groups excluding carboxylic acids is 1. The van der Waals surface area contributed by atoms with E-state index in [4.69, 9.17) is 4.74 Å². The predicted molar refractivity (Wildman–Crippen MR) is 70.1 cm³/mol. The average Bonchev–Trinajstić information content (AvgIpc) is 2.40. The lowest BCUT2D eigenvalue weighted by molar-refractivity contribution is -0.137. The summed E-state index contributed by atoms with van der Waals surface area (Å²) in [5, 5.41) is 0. The van der Waals surface area contributed by atoms with E-state index in [2.05, 4.69) is 4.98 Å². The van der Waals surface area contributed by atoms with Crippen molar-refractivity contribution in [3.63, 3.8) is 0 Å². The zero-order chi connectivity index (χ0) is 13.0. The number of rotatable bonds is 3. The highest BCUT2D eigenvalue weighted by Crippen LogP contribution is 2.20. The highest BCUT2D eigenvalue weighted by atomic mass is 16.5. The van der Waals surface area contributed by atoms with Gasteiger partial charge in [-0.2, -0.15) is 0 Å². The quantitative estimate of drug-likeness (QED) is 0.611. The maximum atomic E-state index is 11.4. The number of benzene rings is 1. The molecule has 0 aliphatic carbocycles. The Kier molecular flexibility index (Phi) is 3.72. The van der Waals surface area contributed by atoms with E-state index >= 15 is 0 Å². The second kappa shape index (κ2) is 5.45. The number of nitrogens with zero attached hydrogens (tertiary/aromatic N) is 1. The topological polar surface area (TPSA) is 39.2 Å². The van der Waals surface area contributed by atoms with Crippen LogP contribution in [0.2, 0.25) is 0 Å². The van der Waals surface area contributed by atoms with Gasteiger partial charge in [-0.05, 0) is 36.4 Å². The minimum absolute atomic E-state index is 0.125. The third-order valence-corrected chi connectivity index (χ3v) is 2.50. The fraction of sp³-hybridized carbons (Fsp3) is 0.200. The molecule has 0 spiro atoms. The van der Waals surface area contributed by atoms with Crippen molar-refractivity contribution in [3.8, 4) is 17.0 Å². The van der Waals surface area contributed by atoms with Crippen molar-refractivity contribution in [2.75, 3.05) is 0 Å². The second-order valence-corrected chi connectivity index (χ2v) is 4.32. The Balaban J connectivity index is 2.13. The van der Waals surface area contributed by atoms with Gasteiger partial charge in [-0.25, -0.2) is 0 Å². The number of ether oxygens (including phenoxy) is 1. The van der Waals surface area contributed by atoms with Crippen molar-refractivity contribution in [2.45, 2.75) is 13.8 Å². The Morgan fingerprint density at radius 3 is 2.39 bits per heavy atom. The van der Waals surface area contributed by atoms with Crippen LogP contribution in [0.4, 0.5) is 0 Å². The van der Waals surface area contributed by atoms with Crippen LogP contribution in [0.5, 0.6) is 5.75 Å². The minimum Gasteiger partial charge on any atom is -0.426 e. The first-order chi connectivity index (χ1) is 8.66. The number of aromatic nitrogens is 1. The van der Waals surface area contributed by atoms with Crippen LogP contribution < -0.4 is 4.74 Å². The smallest absolute Gasteiger partial charge is 0.313 e. The average molecular weight is 241 g/mol. The predicted octanol–water partition coefficient (Wildman–Crippen LogP) is 3.31. The number of hydrogen-bond acceptors (Lipinski definition) is 3. The van der Waals surface area contributed by atoms with Crippen molar-refractivity contribution in [3.05, 3.63) is 48.7 Å². The highest BCUT2D eigenvalue weighted by Gasteiger charge is 2.09. The molecule has 0 amide bonds. The zero-order valence-corrected chi connectivity index (χ0v) is 10.5. The molecule has 92 valence electrons. The van der Waals surface area contributed by atoms with Crippen molar-refractivity contribution in [2.24, 2.45) is 5.92 Å². The van der Waals surface area contributed by atoms with E-state index in [0.29, 0.717) is 5.75 Å². The van der Waals surface area contributed by atoms with Gasteiger partial charge in [0.05, 0.1) is 11.6 Å². The van der Waals surface area contributed by atoms with E-state index in [-0.39, 0.29) is 11.9 Å². The molecule has 0 saturated carbocycles. The van der Waals surface area contributed by atoms with Crippen LogP contribution in [0.3, 0.4) is 0 Å². The van der Waals surface area contributed by atoms with Gasteiger partial charge in [0, 0.05) is 11.8 Å². The van der Waals surface area contributed by atoms with E-state index < -0.39 is 0 Å². The van der Waals surface area contributed by atoms with Gasteiger partial charge in [0.2, 0.25) is 0 Å². The fourth-order valence-corrected chi connectivity index (χ4v) is 1.46. The number of carbonyl (C=O) groups is 1. The summed E-state index contributed by atoms with van der Waals surface area (Å²) in [5.41, 5.74) is 1.90. The van der Waals surface area contributed by atoms with Crippen LogP contribution in [0.15, 0.2) is 48.7 Å². The molecule has 0 aliphatic heterocycles. The van der Waals surface area contributed by atoms with Gasteiger partial charge >= 0.3 is 5.97 Å². The van der Waals surface area contributed by atoms with Gasteiger partial charge < -0.3 is 4.74 Å². The van der Waals surface area contributed by atoms with Crippen molar-refractivity contribution in [1.82, 2.24) is 4.98 Å². The molecule has 0 radical (unpaired) electrons. The Labute approximate surface area is 106 Å². The van der Waals surface area contributed by atoms with E-state index in [9.17, 15) is 4.79 Å². The highest BCUT2D eigenvalue weighted by molar-refractivity contribution is 5.74. The molecule has 18 heavy (non-hydrogen) atoms. The molecular weight excluding hydrogens is 226 g/mol. The minimum atomic E-state index is -0.222. The molecule has 3 nitrogen and oxygen atoms in total. The van der Waals surface area contributed by atoms with E-state index in [1.807, 2.05) is 44.2 Å². The number of hydrogen-bond donors (Lipinski definition) is 0. The molecule has 1 aromatic carbocycles. The summed E-state index contributed by atoms with van der Waals surface area (Å²) < 4.78 is 5.21. The third kappa shape index (κ3) is 2.94. The molecular formula is C15H15NO2. The second-order valence-electron chi connectivity index (χ2n) is 4.32. The molecule has 1 heterocycles. The van der Waals surface area contributed by atoms with E-state index in [0.717, 1.165) is 11.3 Å². The third-order valence-electron chi connectivity index (χ3n) is 2.50. The molecule has 0 bridgehead atoms. The normalized spacial score (nSPS) is 10.4. The van der Waals surface area contributed by atoms with Gasteiger partial charge in [0.15, 0.2) is 0 Å². The van der Waals surface area contributed by atoms with Gasteiger partial charge in [-0.3, -0.25) is 9.78 Å². The number of pyridine rings is 1. The zero-order valence-electron chi connectivity index (χ0n) is 10.5. The first kappa shape index (κ1) is 12.3. The lowest BCUT2D eigenvalue weighted by Gasteiger charge is -2.07. The van der Waals surface area contributed by atoms with Crippen LogP contribution in [0.1, 0.15) is 13.8 Å². The molecule has 0 fully saturated rings. The van der Waals surface area contributed by atoms with Crippen LogP contribution >= 0.6 is 0 Å². The van der Waals surface area contributed by atoms with Crippen molar-refractivity contribution in [1.29, 1.82) is 0 Å². The largest absolute Gasteiger partial charge is 0.426 e. The standard InChI is InChI=1S/C15H15NO2/c1-11(2)15(17)18-13-8-6-12(7-9-13)14-5-3-4-10-16-14/h3-11H,1-2H3. The first-order valence-electron chi connectivity index (χ1n) is 5.90. The Bertz CT molecular complexity index is 518. The monoisotopic (exact) mass is 241 g/mol. The van der Waals surface area contributed by atoms with E-state index in [1.54, 1.807) is 18.3 Å². The summed E-state index contributed by atoms with van der Waals surface area (Å²) in [5.74, 6) is 0.217. The summed E-state index contributed by atoms with van der Waals surface area (Å²) in [6.07, 6.45) is 1.75. The Morgan fingerprint density at radius 2 is 1.83 bits per heavy atom. The molecule has 0 atom stereocenters. The molecule has 3 heteroatoms. The Hall–Kier alpha value is -2.16. The maximum absolute atomic E-state index is 11.4. The van der Waals surface area contributed by atoms with Crippen LogP contribution in [-0.4, -0.2) is 11.0 Å². The first-order valence-corrected chi connectivity index (χ1v) is 5.90. The lowest BCUT2D eigenvalue weighted by Crippen LogP contribution is -2.14. The molecule has 0 saturated heterocycles. The number of esters is 1. The summed E-state index contributed by atoms with van der Waals surface area (Å²) in [4.78, 5) is 15.7. The van der Waals surface area contributed by atoms with E-state index in [1.165, 1.54) is 0 Å². The lowest BCUT2D eigenvalue weighted by atomic mass is 10.1. The molecule has 2 aromatic rings. The van der Waals surface area contributed by atoms with Gasteiger partial charge in [0.1, 0.15) is 5.75 Å². The molecule has 1 aromatic heterocycles. The summed E-state index contributed by atoms with van der Waals surface area (Å²) in [6, 6.07) is 13.1.